The van der Waals surface area contributed by atoms with Gasteiger partial charge in [-0.15, -0.1) is 10.2 Å². The third kappa shape index (κ3) is 4.95. The lowest BCUT2D eigenvalue weighted by molar-refractivity contribution is -0.122. The average molecular weight is 378 g/mol. The normalized spacial score (nSPS) is 14.6. The number of hydrogen-bond donors (Lipinski definition) is 1. The van der Waals surface area contributed by atoms with E-state index in [2.05, 4.69) is 34.6 Å². The van der Waals surface area contributed by atoms with E-state index in [1.807, 2.05) is 6.07 Å². The van der Waals surface area contributed by atoms with E-state index in [-0.39, 0.29) is 5.91 Å². The summed E-state index contributed by atoms with van der Waals surface area (Å²) in [7, 11) is 0. The van der Waals surface area contributed by atoms with Gasteiger partial charge in [-0.05, 0) is 62.3 Å². The van der Waals surface area contributed by atoms with Gasteiger partial charge in [0, 0.05) is 5.75 Å². The molecule has 0 spiro atoms. The summed E-state index contributed by atoms with van der Waals surface area (Å²) >= 11 is 3.05. The Balaban J connectivity index is 1.56. The smallest absolute Gasteiger partial charge is 0.266 e. The summed E-state index contributed by atoms with van der Waals surface area (Å²) in [5.74, 6) is 1.54. The van der Waals surface area contributed by atoms with Crippen LogP contribution in [0.1, 0.15) is 44.2 Å². The maximum Gasteiger partial charge on any atom is 0.266 e. The van der Waals surface area contributed by atoms with Crippen LogP contribution in [0.5, 0.6) is 5.75 Å². The Morgan fingerprint density at radius 3 is 2.92 bits per heavy atom. The van der Waals surface area contributed by atoms with E-state index in [4.69, 9.17) is 4.74 Å². The highest BCUT2D eigenvalue weighted by Crippen LogP contribution is 2.27. The third-order valence-corrected chi connectivity index (χ3v) is 6.25. The molecule has 0 bridgehead atoms. The number of thioether (sulfide) groups is 1. The first kappa shape index (κ1) is 18.2. The molecule has 0 saturated heterocycles. The van der Waals surface area contributed by atoms with Crippen molar-refractivity contribution in [2.24, 2.45) is 0 Å². The van der Waals surface area contributed by atoms with Crippen molar-refractivity contribution in [2.45, 2.75) is 56.4 Å². The number of fused-ring (bicyclic) bond motifs is 1. The van der Waals surface area contributed by atoms with Crippen molar-refractivity contribution in [1.82, 2.24) is 10.2 Å². The number of amides is 1. The Morgan fingerprint density at radius 2 is 2.12 bits per heavy atom. The van der Waals surface area contributed by atoms with Crippen LogP contribution >= 0.6 is 23.1 Å². The minimum Gasteiger partial charge on any atom is -0.481 e. The summed E-state index contributed by atoms with van der Waals surface area (Å²) < 4.78 is 6.70. The summed E-state index contributed by atoms with van der Waals surface area (Å²) in [5.41, 5.74) is 2.75. The summed E-state index contributed by atoms with van der Waals surface area (Å²) in [5, 5.41) is 11.4. The highest BCUT2D eigenvalue weighted by atomic mass is 32.2. The Labute approximate surface area is 156 Å². The first-order chi connectivity index (χ1) is 12.2. The zero-order valence-corrected chi connectivity index (χ0v) is 16.2. The largest absolute Gasteiger partial charge is 0.481 e. The van der Waals surface area contributed by atoms with Gasteiger partial charge in [-0.2, -0.15) is 0 Å². The molecule has 5 nitrogen and oxygen atoms in total. The summed E-state index contributed by atoms with van der Waals surface area (Å²) in [4.78, 5) is 12.3. The summed E-state index contributed by atoms with van der Waals surface area (Å²) in [6.07, 6.45) is 5.21. The topological polar surface area (TPSA) is 64.1 Å². The fourth-order valence-corrected chi connectivity index (χ4v) is 4.44. The number of aromatic nitrogens is 2. The second kappa shape index (κ2) is 8.67. The lowest BCUT2D eigenvalue weighted by atomic mass is 9.92. The Bertz CT molecular complexity index is 733. The quantitative estimate of drug-likeness (QED) is 0.575. The SMILES string of the molecule is CCCSc1nnc(NC(=O)C(C)Oc2ccc3c(c2)CCCC3)s1. The predicted molar refractivity (Wildman–Crippen MR) is 103 cm³/mol. The molecule has 1 aromatic heterocycles. The van der Waals surface area contributed by atoms with Gasteiger partial charge in [-0.3, -0.25) is 10.1 Å². The van der Waals surface area contributed by atoms with Crippen LogP contribution in [0, 0.1) is 0 Å². The van der Waals surface area contributed by atoms with Crippen molar-refractivity contribution in [3.8, 4) is 5.75 Å². The predicted octanol–water partition coefficient (Wildman–Crippen LogP) is 4.33. The number of hydrogen-bond acceptors (Lipinski definition) is 6. The number of anilines is 1. The molecule has 1 unspecified atom stereocenters. The van der Waals surface area contributed by atoms with Crippen molar-refractivity contribution >= 4 is 34.1 Å². The van der Waals surface area contributed by atoms with E-state index in [1.165, 1.54) is 35.3 Å². The molecule has 0 radical (unpaired) electrons. The summed E-state index contributed by atoms with van der Waals surface area (Å²) in [6, 6.07) is 6.15. The first-order valence-corrected chi connectivity index (χ1v) is 10.5. The first-order valence-electron chi connectivity index (χ1n) is 8.71. The fourth-order valence-electron chi connectivity index (χ4n) is 2.76. The van der Waals surface area contributed by atoms with Crippen molar-refractivity contribution in [2.75, 3.05) is 11.1 Å². The molecule has 1 aliphatic carbocycles. The van der Waals surface area contributed by atoms with Gasteiger partial charge >= 0.3 is 0 Å². The minimum absolute atomic E-state index is 0.207. The molecule has 1 amide bonds. The lowest BCUT2D eigenvalue weighted by Crippen LogP contribution is -2.30. The van der Waals surface area contributed by atoms with E-state index in [9.17, 15) is 4.79 Å². The number of carbonyl (C=O) groups is 1. The van der Waals surface area contributed by atoms with Gasteiger partial charge in [0.1, 0.15) is 5.75 Å². The van der Waals surface area contributed by atoms with Gasteiger partial charge in [-0.25, -0.2) is 0 Å². The highest BCUT2D eigenvalue weighted by Gasteiger charge is 2.18. The Hall–Kier alpha value is -1.60. The molecule has 1 aliphatic rings. The molecule has 1 aromatic carbocycles. The third-order valence-electron chi connectivity index (χ3n) is 4.07. The zero-order valence-electron chi connectivity index (χ0n) is 14.6. The van der Waals surface area contributed by atoms with Gasteiger partial charge in [-0.1, -0.05) is 36.1 Å². The molecule has 1 atom stereocenters. The zero-order chi connectivity index (χ0) is 17.6. The monoisotopic (exact) mass is 377 g/mol. The Kier molecular flexibility index (Phi) is 6.31. The highest BCUT2D eigenvalue weighted by molar-refractivity contribution is 8.01. The van der Waals surface area contributed by atoms with E-state index in [0.29, 0.717) is 5.13 Å². The van der Waals surface area contributed by atoms with Crippen molar-refractivity contribution in [3.05, 3.63) is 29.3 Å². The average Bonchev–Trinajstić information content (AvgIpc) is 3.07. The maximum absolute atomic E-state index is 12.3. The van der Waals surface area contributed by atoms with Crippen LogP contribution < -0.4 is 10.1 Å². The van der Waals surface area contributed by atoms with Crippen LogP contribution in [0.15, 0.2) is 22.5 Å². The van der Waals surface area contributed by atoms with Crippen LogP contribution in [-0.4, -0.2) is 28.0 Å². The molecule has 0 fully saturated rings. The number of ether oxygens (including phenoxy) is 1. The molecular weight excluding hydrogens is 354 g/mol. The molecule has 1 N–H and O–H groups in total. The van der Waals surface area contributed by atoms with Gasteiger partial charge < -0.3 is 4.74 Å². The second-order valence-electron chi connectivity index (χ2n) is 6.11. The molecule has 134 valence electrons. The van der Waals surface area contributed by atoms with E-state index in [1.54, 1.807) is 18.7 Å². The number of carbonyl (C=O) groups excluding carboxylic acids is 1. The van der Waals surface area contributed by atoms with E-state index in [0.717, 1.165) is 35.1 Å². The van der Waals surface area contributed by atoms with Gasteiger partial charge in [0.05, 0.1) is 0 Å². The molecule has 0 aliphatic heterocycles. The van der Waals surface area contributed by atoms with E-state index >= 15 is 0 Å². The number of benzene rings is 1. The van der Waals surface area contributed by atoms with Crippen molar-refractivity contribution in [3.63, 3.8) is 0 Å². The van der Waals surface area contributed by atoms with Crippen LogP contribution in [0.25, 0.3) is 0 Å². The molecule has 7 heteroatoms. The van der Waals surface area contributed by atoms with Crippen molar-refractivity contribution < 1.29 is 9.53 Å². The summed E-state index contributed by atoms with van der Waals surface area (Å²) in [6.45, 7) is 3.87. The number of rotatable bonds is 7. The van der Waals surface area contributed by atoms with Gasteiger partial charge in [0.2, 0.25) is 5.13 Å². The van der Waals surface area contributed by atoms with E-state index < -0.39 is 6.10 Å². The van der Waals surface area contributed by atoms with Crippen LogP contribution in [0.4, 0.5) is 5.13 Å². The van der Waals surface area contributed by atoms with Crippen LogP contribution in [0.3, 0.4) is 0 Å². The number of aryl methyl sites for hydroxylation is 2. The van der Waals surface area contributed by atoms with Gasteiger partial charge in [0.25, 0.3) is 5.91 Å². The number of nitrogens with zero attached hydrogens (tertiary/aromatic N) is 2. The molecule has 0 saturated carbocycles. The molecular formula is C18H23N3O2S2. The lowest BCUT2D eigenvalue weighted by Gasteiger charge is -2.18. The van der Waals surface area contributed by atoms with Crippen molar-refractivity contribution in [1.29, 1.82) is 0 Å². The fraction of sp³-hybridized carbons (Fsp3) is 0.500. The molecule has 1 heterocycles. The molecule has 3 rings (SSSR count). The Morgan fingerprint density at radius 1 is 1.32 bits per heavy atom. The standard InChI is InChI=1S/C18H23N3O2S2/c1-3-10-24-18-21-20-17(25-18)19-16(22)12(2)23-15-9-8-13-6-4-5-7-14(13)11-15/h8-9,11-12H,3-7,10H2,1-2H3,(H,19,20,22). The maximum atomic E-state index is 12.3. The van der Waals surface area contributed by atoms with Gasteiger partial charge in [0.15, 0.2) is 10.4 Å². The van der Waals surface area contributed by atoms with Crippen LogP contribution in [0.2, 0.25) is 0 Å². The van der Waals surface area contributed by atoms with Crippen LogP contribution in [-0.2, 0) is 17.6 Å². The number of nitrogens with one attached hydrogen (secondary N) is 1. The molecule has 25 heavy (non-hydrogen) atoms. The molecule has 2 aromatic rings. The minimum atomic E-state index is -0.586. The second-order valence-corrected chi connectivity index (χ2v) is 8.43.